The molecule has 33 heavy (non-hydrogen) atoms. The van der Waals surface area contributed by atoms with Crippen molar-refractivity contribution in [2.45, 2.75) is 18.8 Å². The molecular weight excluding hydrogens is 464 g/mol. The van der Waals surface area contributed by atoms with Crippen molar-refractivity contribution in [3.8, 4) is 11.3 Å². The molecule has 9 nitrogen and oxygen atoms in total. The van der Waals surface area contributed by atoms with Crippen LogP contribution in [-0.4, -0.2) is 55.2 Å². The van der Waals surface area contributed by atoms with Crippen LogP contribution in [0.1, 0.15) is 34.7 Å². The van der Waals surface area contributed by atoms with Gasteiger partial charge in [0.15, 0.2) is 5.13 Å². The number of hydrogen-bond donors (Lipinski definition) is 2. The maximum absolute atomic E-state index is 12.2. The number of hydrogen-bond acceptors (Lipinski definition) is 7. The Kier molecular flexibility index (Phi) is 6.91. The van der Waals surface area contributed by atoms with Gasteiger partial charge in [-0.1, -0.05) is 18.2 Å². The van der Waals surface area contributed by atoms with Gasteiger partial charge in [0.05, 0.1) is 30.7 Å². The quantitative estimate of drug-likeness (QED) is 0.528. The summed E-state index contributed by atoms with van der Waals surface area (Å²) in [5, 5.41) is 7.45. The first-order valence-corrected chi connectivity index (χ1v) is 13.1. The predicted octanol–water partition coefficient (Wildman–Crippen LogP) is 2.68. The third kappa shape index (κ3) is 5.86. The Balaban J connectivity index is 1.33. The van der Waals surface area contributed by atoms with Crippen molar-refractivity contribution < 1.29 is 22.7 Å². The number of carbonyl (C=O) groups excluding carboxylic acids is 2. The number of rotatable bonds is 7. The zero-order chi connectivity index (χ0) is 23.4. The van der Waals surface area contributed by atoms with Crippen LogP contribution in [0.3, 0.4) is 0 Å². The van der Waals surface area contributed by atoms with Crippen LogP contribution in [0, 0.1) is 0 Å². The molecule has 1 fully saturated rings. The second-order valence-corrected chi connectivity index (χ2v) is 10.5. The van der Waals surface area contributed by atoms with E-state index in [4.69, 9.17) is 4.74 Å². The van der Waals surface area contributed by atoms with Gasteiger partial charge in [-0.15, -0.1) is 11.3 Å². The zero-order valence-electron chi connectivity index (χ0n) is 18.0. The molecule has 1 atom stereocenters. The number of benzene rings is 1. The van der Waals surface area contributed by atoms with Crippen molar-refractivity contribution in [2.24, 2.45) is 0 Å². The molecule has 11 heteroatoms. The Labute approximate surface area is 195 Å². The summed E-state index contributed by atoms with van der Waals surface area (Å²) in [5.41, 5.74) is 3.10. The molecule has 0 radical (unpaired) electrons. The molecular formula is C22H24N4O5S2. The van der Waals surface area contributed by atoms with E-state index in [0.717, 1.165) is 47.5 Å². The van der Waals surface area contributed by atoms with Gasteiger partial charge in [-0.3, -0.25) is 13.6 Å². The highest BCUT2D eigenvalue weighted by Gasteiger charge is 2.17. The lowest BCUT2D eigenvalue weighted by molar-refractivity contribution is -0.115. The highest BCUT2D eigenvalue weighted by atomic mass is 32.2. The van der Waals surface area contributed by atoms with Crippen LogP contribution in [0.4, 0.5) is 5.13 Å². The smallest absolute Gasteiger partial charge is 0.253 e. The SMILES string of the molecule is CS(=O)(=O)n1ccc(C(=O)NCC(=O)Nc2nc(-c3cccc([C@@H]4CCCOC4)c3)cs2)c1. The van der Waals surface area contributed by atoms with Gasteiger partial charge in [0.2, 0.25) is 15.9 Å². The van der Waals surface area contributed by atoms with Crippen LogP contribution in [0.5, 0.6) is 0 Å². The standard InChI is InChI=1S/C22H24N4O5S2/c1-33(29,30)26-8-7-17(12-26)21(28)23-11-20(27)25-22-24-19(14-32-22)16-5-2-4-15(10-16)18-6-3-9-31-13-18/h2,4-5,7-8,10,12,14,18H,3,6,9,11,13H2,1H3,(H,23,28)(H,24,25,27)/t18-/m1/s1. The van der Waals surface area contributed by atoms with Crippen molar-refractivity contribution in [3.05, 3.63) is 59.2 Å². The van der Waals surface area contributed by atoms with Crippen LogP contribution in [-0.2, 0) is 19.6 Å². The maximum Gasteiger partial charge on any atom is 0.253 e. The molecule has 1 aromatic carbocycles. The fourth-order valence-electron chi connectivity index (χ4n) is 3.56. The summed E-state index contributed by atoms with van der Waals surface area (Å²) in [7, 11) is -3.47. The summed E-state index contributed by atoms with van der Waals surface area (Å²) in [4.78, 5) is 28.9. The molecule has 0 aliphatic carbocycles. The topological polar surface area (TPSA) is 119 Å². The minimum atomic E-state index is -3.47. The molecule has 3 heterocycles. The molecule has 0 spiro atoms. The Bertz CT molecular complexity index is 1260. The molecule has 0 unspecified atom stereocenters. The number of thiazole rings is 1. The first kappa shape index (κ1) is 23.1. The molecule has 2 aromatic heterocycles. The molecule has 0 bridgehead atoms. The van der Waals surface area contributed by atoms with Crippen LogP contribution < -0.4 is 10.6 Å². The zero-order valence-corrected chi connectivity index (χ0v) is 19.6. The number of nitrogens with zero attached hydrogens (tertiary/aromatic N) is 2. The minimum absolute atomic E-state index is 0.146. The highest BCUT2D eigenvalue weighted by Crippen LogP contribution is 2.30. The van der Waals surface area contributed by atoms with E-state index in [2.05, 4.69) is 27.8 Å². The summed E-state index contributed by atoms with van der Waals surface area (Å²) < 4.78 is 29.5. The Morgan fingerprint density at radius 2 is 2.15 bits per heavy atom. The number of ether oxygens (including phenoxy) is 1. The fourth-order valence-corrected chi connectivity index (χ4v) is 4.89. The molecule has 2 amide bonds. The highest BCUT2D eigenvalue weighted by molar-refractivity contribution is 7.89. The lowest BCUT2D eigenvalue weighted by Crippen LogP contribution is -2.32. The number of amides is 2. The summed E-state index contributed by atoms with van der Waals surface area (Å²) in [6.07, 6.45) is 5.67. The van der Waals surface area contributed by atoms with Gasteiger partial charge >= 0.3 is 0 Å². The number of nitrogens with one attached hydrogen (secondary N) is 2. The average molecular weight is 489 g/mol. The van der Waals surface area contributed by atoms with E-state index in [0.29, 0.717) is 11.0 Å². The molecule has 1 aliphatic heterocycles. The summed E-state index contributed by atoms with van der Waals surface area (Å²) in [6, 6.07) is 9.57. The lowest BCUT2D eigenvalue weighted by atomic mass is 9.92. The molecule has 2 N–H and O–H groups in total. The molecule has 3 aromatic rings. The second-order valence-electron chi connectivity index (χ2n) is 7.80. The van der Waals surface area contributed by atoms with Crippen LogP contribution >= 0.6 is 11.3 Å². The van der Waals surface area contributed by atoms with Gasteiger partial charge in [-0.2, -0.15) is 0 Å². The molecule has 0 saturated carbocycles. The van der Waals surface area contributed by atoms with E-state index in [1.165, 1.54) is 35.4 Å². The number of aromatic nitrogens is 2. The third-order valence-corrected chi connectivity index (χ3v) is 7.04. The second kappa shape index (κ2) is 9.86. The van der Waals surface area contributed by atoms with Gasteiger partial charge in [-0.05, 0) is 30.5 Å². The van der Waals surface area contributed by atoms with Crippen LogP contribution in [0.15, 0.2) is 48.1 Å². The van der Waals surface area contributed by atoms with Gasteiger partial charge in [0, 0.05) is 35.9 Å². The summed E-state index contributed by atoms with van der Waals surface area (Å²) in [6.45, 7) is 1.28. The van der Waals surface area contributed by atoms with Gasteiger partial charge in [0.25, 0.3) is 5.91 Å². The average Bonchev–Trinajstić information content (AvgIpc) is 3.48. The Morgan fingerprint density at radius 1 is 1.30 bits per heavy atom. The maximum atomic E-state index is 12.2. The van der Waals surface area contributed by atoms with Gasteiger partial charge < -0.3 is 15.4 Å². The normalized spacial score (nSPS) is 16.3. The summed E-state index contributed by atoms with van der Waals surface area (Å²) in [5.74, 6) is -0.592. The lowest BCUT2D eigenvalue weighted by Gasteiger charge is -2.22. The van der Waals surface area contributed by atoms with Crippen LogP contribution in [0.2, 0.25) is 0 Å². The number of carbonyl (C=O) groups is 2. The van der Waals surface area contributed by atoms with Crippen molar-refractivity contribution >= 4 is 38.3 Å². The summed E-state index contributed by atoms with van der Waals surface area (Å²) >= 11 is 1.30. The Hall–Kier alpha value is -3.02. The molecule has 1 saturated heterocycles. The van der Waals surface area contributed by atoms with Crippen molar-refractivity contribution in [2.75, 3.05) is 31.3 Å². The largest absolute Gasteiger partial charge is 0.381 e. The fraction of sp³-hybridized carbons (Fsp3) is 0.318. The van der Waals surface area contributed by atoms with E-state index >= 15 is 0 Å². The third-order valence-electron chi connectivity index (χ3n) is 5.29. The number of anilines is 1. The molecule has 4 rings (SSSR count). The van der Waals surface area contributed by atoms with Gasteiger partial charge in [0.1, 0.15) is 0 Å². The molecule has 174 valence electrons. The van der Waals surface area contributed by atoms with Gasteiger partial charge in [-0.25, -0.2) is 13.4 Å². The van der Waals surface area contributed by atoms with Crippen molar-refractivity contribution in [1.29, 1.82) is 0 Å². The van der Waals surface area contributed by atoms with Crippen LogP contribution in [0.25, 0.3) is 11.3 Å². The predicted molar refractivity (Wildman–Crippen MR) is 126 cm³/mol. The van der Waals surface area contributed by atoms with E-state index in [9.17, 15) is 18.0 Å². The first-order chi connectivity index (χ1) is 15.8. The van der Waals surface area contributed by atoms with E-state index < -0.39 is 21.8 Å². The van der Waals surface area contributed by atoms with E-state index in [-0.39, 0.29) is 12.1 Å². The molecule has 1 aliphatic rings. The van der Waals surface area contributed by atoms with E-state index in [1.807, 2.05) is 17.5 Å². The Morgan fingerprint density at radius 3 is 2.88 bits per heavy atom. The van der Waals surface area contributed by atoms with Crippen molar-refractivity contribution in [3.63, 3.8) is 0 Å². The van der Waals surface area contributed by atoms with E-state index in [1.54, 1.807) is 0 Å². The minimum Gasteiger partial charge on any atom is -0.381 e. The monoisotopic (exact) mass is 488 g/mol. The first-order valence-electron chi connectivity index (χ1n) is 10.4. The van der Waals surface area contributed by atoms with Crippen molar-refractivity contribution in [1.82, 2.24) is 14.3 Å².